The molecule has 0 atom stereocenters. The van der Waals surface area contributed by atoms with Crippen LogP contribution in [0.15, 0.2) is 57.6 Å². The Labute approximate surface area is 166 Å². The molecule has 3 rings (SSSR count). The lowest BCUT2D eigenvalue weighted by Crippen LogP contribution is -2.11. The first-order valence-electron chi connectivity index (χ1n) is 8.67. The van der Waals surface area contributed by atoms with Gasteiger partial charge in [0.05, 0.1) is 0 Å². The maximum Gasteiger partial charge on any atom is 0.292 e. The van der Waals surface area contributed by atoms with Crippen molar-refractivity contribution in [3.05, 3.63) is 75.8 Å². The highest BCUT2D eigenvalue weighted by Crippen LogP contribution is 2.28. The predicted octanol–water partition coefficient (Wildman–Crippen LogP) is 5.70. The fraction of sp³-hybridized carbons (Fsp3) is 0.238. The van der Waals surface area contributed by atoms with E-state index in [0.717, 1.165) is 21.3 Å². The van der Waals surface area contributed by atoms with E-state index in [1.807, 2.05) is 13.0 Å². The average molecular weight is 429 g/mol. The molecule has 0 radical (unpaired) electrons. The van der Waals surface area contributed by atoms with E-state index in [9.17, 15) is 4.79 Å². The molecule has 2 aromatic heterocycles. The summed E-state index contributed by atoms with van der Waals surface area (Å²) >= 11 is 3.31. The Morgan fingerprint density at radius 3 is 2.74 bits per heavy atom. The van der Waals surface area contributed by atoms with Crippen LogP contribution in [0.3, 0.4) is 0 Å². The van der Waals surface area contributed by atoms with Gasteiger partial charge in [-0.1, -0.05) is 26.0 Å². The van der Waals surface area contributed by atoms with Gasteiger partial charge in [-0.2, -0.15) is 0 Å². The van der Waals surface area contributed by atoms with Crippen molar-refractivity contribution in [1.82, 2.24) is 4.98 Å². The number of carbonyl (C=O) groups is 1. The number of anilines is 1. The van der Waals surface area contributed by atoms with Gasteiger partial charge < -0.3 is 14.5 Å². The van der Waals surface area contributed by atoms with Gasteiger partial charge in [-0.25, -0.2) is 4.98 Å². The summed E-state index contributed by atoms with van der Waals surface area (Å²) in [4.78, 5) is 16.4. The fourth-order valence-corrected chi connectivity index (χ4v) is 2.83. The number of nitrogens with one attached hydrogen (secondary N) is 1. The van der Waals surface area contributed by atoms with Crippen molar-refractivity contribution < 1.29 is 13.9 Å². The number of rotatable bonds is 6. The molecule has 2 heterocycles. The molecule has 0 spiro atoms. The Kier molecular flexibility index (Phi) is 5.96. The molecule has 1 aromatic carbocycles. The maximum absolute atomic E-state index is 12.3. The van der Waals surface area contributed by atoms with Crippen molar-refractivity contribution in [2.24, 2.45) is 0 Å². The number of aromatic nitrogens is 1. The molecule has 5 nitrogen and oxygen atoms in total. The van der Waals surface area contributed by atoms with E-state index >= 15 is 0 Å². The Morgan fingerprint density at radius 1 is 1.22 bits per heavy atom. The molecule has 0 unspecified atom stereocenters. The van der Waals surface area contributed by atoms with Gasteiger partial charge in [0.2, 0.25) is 0 Å². The number of benzene rings is 1. The van der Waals surface area contributed by atoms with Crippen molar-refractivity contribution in [1.29, 1.82) is 0 Å². The highest BCUT2D eigenvalue weighted by Gasteiger charge is 2.14. The molecule has 0 aliphatic rings. The van der Waals surface area contributed by atoms with E-state index in [2.05, 4.69) is 52.2 Å². The second-order valence-electron chi connectivity index (χ2n) is 6.57. The predicted molar refractivity (Wildman–Crippen MR) is 108 cm³/mol. The number of hydrogen-bond acceptors (Lipinski definition) is 4. The largest absolute Gasteiger partial charge is 0.485 e. The number of carbonyl (C=O) groups excluding carboxylic acids is 1. The van der Waals surface area contributed by atoms with Crippen molar-refractivity contribution in [3.63, 3.8) is 0 Å². The second-order valence-corrected chi connectivity index (χ2v) is 7.48. The normalized spacial score (nSPS) is 10.9. The lowest BCUT2D eigenvalue weighted by Gasteiger charge is -2.14. The molecule has 140 valence electrons. The van der Waals surface area contributed by atoms with Gasteiger partial charge in [0.1, 0.15) is 23.9 Å². The fourth-order valence-electron chi connectivity index (χ4n) is 2.60. The Morgan fingerprint density at radius 2 is 2.04 bits per heavy atom. The van der Waals surface area contributed by atoms with Crippen molar-refractivity contribution in [2.75, 3.05) is 5.32 Å². The molecule has 0 saturated carbocycles. The van der Waals surface area contributed by atoms with E-state index in [4.69, 9.17) is 9.15 Å². The van der Waals surface area contributed by atoms with Crippen molar-refractivity contribution in [3.8, 4) is 5.75 Å². The molecule has 27 heavy (non-hydrogen) atoms. The smallest absolute Gasteiger partial charge is 0.292 e. The van der Waals surface area contributed by atoms with Crippen LogP contribution in [0, 0.1) is 6.92 Å². The summed E-state index contributed by atoms with van der Waals surface area (Å²) in [5, 5.41) is 2.70. The minimum Gasteiger partial charge on any atom is -0.485 e. The standard InChI is InChI=1S/C21H21BrN2O3/c1-13(2)17-7-4-14(3)10-19(17)26-12-16-6-8-18(27-16)21(25)24-20-9-5-15(22)11-23-20/h4-11,13H,12H2,1-3H3,(H,23,24,25). The third kappa shape index (κ3) is 4.98. The summed E-state index contributed by atoms with van der Waals surface area (Å²) in [6, 6.07) is 13.1. The van der Waals surface area contributed by atoms with Crippen LogP contribution in [0.25, 0.3) is 0 Å². The number of furan rings is 1. The molecule has 0 bridgehead atoms. The zero-order valence-electron chi connectivity index (χ0n) is 15.5. The first-order valence-corrected chi connectivity index (χ1v) is 9.46. The first-order chi connectivity index (χ1) is 12.9. The summed E-state index contributed by atoms with van der Waals surface area (Å²) in [5.74, 6) is 2.10. The van der Waals surface area contributed by atoms with E-state index in [1.54, 1.807) is 30.5 Å². The van der Waals surface area contributed by atoms with E-state index in [-0.39, 0.29) is 18.3 Å². The van der Waals surface area contributed by atoms with Gasteiger partial charge >= 0.3 is 0 Å². The van der Waals surface area contributed by atoms with Crippen LogP contribution in [-0.2, 0) is 6.61 Å². The van der Waals surface area contributed by atoms with Crippen LogP contribution in [0.2, 0.25) is 0 Å². The number of nitrogens with zero attached hydrogens (tertiary/aromatic N) is 1. The average Bonchev–Trinajstić information content (AvgIpc) is 3.11. The monoisotopic (exact) mass is 428 g/mol. The molecule has 0 aliphatic carbocycles. The van der Waals surface area contributed by atoms with Crippen molar-refractivity contribution >= 4 is 27.7 Å². The highest BCUT2D eigenvalue weighted by atomic mass is 79.9. The summed E-state index contributed by atoms with van der Waals surface area (Å²) in [6.07, 6.45) is 1.62. The van der Waals surface area contributed by atoms with Crippen LogP contribution in [0.4, 0.5) is 5.82 Å². The topological polar surface area (TPSA) is 64.4 Å². The van der Waals surface area contributed by atoms with E-state index < -0.39 is 0 Å². The zero-order chi connectivity index (χ0) is 19.4. The number of aryl methyl sites for hydroxylation is 1. The maximum atomic E-state index is 12.3. The van der Waals surface area contributed by atoms with Crippen LogP contribution in [-0.4, -0.2) is 10.9 Å². The highest BCUT2D eigenvalue weighted by molar-refractivity contribution is 9.10. The summed E-state index contributed by atoms with van der Waals surface area (Å²) in [6.45, 7) is 6.54. The summed E-state index contributed by atoms with van der Waals surface area (Å²) < 4.78 is 12.4. The van der Waals surface area contributed by atoms with Gasteiger partial charge in [0.15, 0.2) is 5.76 Å². The van der Waals surface area contributed by atoms with Gasteiger partial charge in [-0.3, -0.25) is 4.79 Å². The van der Waals surface area contributed by atoms with Gasteiger partial charge in [0, 0.05) is 10.7 Å². The number of halogens is 1. The molecule has 0 saturated heterocycles. The molecule has 0 aliphatic heterocycles. The zero-order valence-corrected chi connectivity index (χ0v) is 17.0. The van der Waals surface area contributed by atoms with E-state index in [0.29, 0.717) is 17.5 Å². The molecule has 0 fully saturated rings. The minimum absolute atomic E-state index is 0.214. The Hall–Kier alpha value is -2.60. The third-order valence-electron chi connectivity index (χ3n) is 4.02. The Bertz CT molecular complexity index is 933. The van der Waals surface area contributed by atoms with Crippen LogP contribution in [0.1, 0.15) is 47.2 Å². The second kappa shape index (κ2) is 8.39. The molecular formula is C21H21BrN2O3. The molecule has 1 N–H and O–H groups in total. The van der Waals surface area contributed by atoms with Crippen LogP contribution < -0.4 is 10.1 Å². The molecular weight excluding hydrogens is 408 g/mol. The number of ether oxygens (including phenoxy) is 1. The minimum atomic E-state index is -0.352. The lowest BCUT2D eigenvalue weighted by atomic mass is 10.0. The van der Waals surface area contributed by atoms with Gasteiger partial charge in [-0.15, -0.1) is 0 Å². The van der Waals surface area contributed by atoms with Crippen LogP contribution in [0.5, 0.6) is 5.75 Å². The third-order valence-corrected chi connectivity index (χ3v) is 4.48. The lowest BCUT2D eigenvalue weighted by molar-refractivity contribution is 0.0992. The number of hydrogen-bond donors (Lipinski definition) is 1. The number of amides is 1. The molecule has 1 amide bonds. The van der Waals surface area contributed by atoms with Gasteiger partial charge in [-0.05, 0) is 70.2 Å². The Balaban J connectivity index is 1.65. The SMILES string of the molecule is Cc1ccc(C(C)C)c(OCc2ccc(C(=O)Nc3ccc(Br)cn3)o2)c1. The first kappa shape index (κ1) is 19.2. The van der Waals surface area contributed by atoms with Gasteiger partial charge in [0.25, 0.3) is 5.91 Å². The van der Waals surface area contributed by atoms with E-state index in [1.165, 1.54) is 0 Å². The molecule has 6 heteroatoms. The quantitative estimate of drug-likeness (QED) is 0.546. The summed E-state index contributed by atoms with van der Waals surface area (Å²) in [7, 11) is 0. The number of pyridine rings is 1. The van der Waals surface area contributed by atoms with Crippen molar-refractivity contribution in [2.45, 2.75) is 33.3 Å². The summed E-state index contributed by atoms with van der Waals surface area (Å²) in [5.41, 5.74) is 2.28. The molecule has 3 aromatic rings. The van der Waals surface area contributed by atoms with Crippen LogP contribution >= 0.6 is 15.9 Å².